The van der Waals surface area contributed by atoms with Gasteiger partial charge in [0, 0.05) is 5.56 Å². The molecule has 0 bridgehead atoms. The lowest BCUT2D eigenvalue weighted by molar-refractivity contribution is 0.0422. The van der Waals surface area contributed by atoms with Crippen molar-refractivity contribution >= 4 is 0 Å². The highest BCUT2D eigenvalue weighted by molar-refractivity contribution is 5.41. The molecule has 0 heterocycles. The fourth-order valence-corrected chi connectivity index (χ4v) is 1.91. The molecular formula is C13H10FNO. The third-order valence-electron chi connectivity index (χ3n) is 3.13. The van der Waals surface area contributed by atoms with E-state index in [-0.39, 0.29) is 5.56 Å². The maximum Gasteiger partial charge on any atom is 0.172 e. The Kier molecular flexibility index (Phi) is 2.22. The van der Waals surface area contributed by atoms with Gasteiger partial charge in [0.2, 0.25) is 0 Å². The first-order valence-corrected chi connectivity index (χ1v) is 4.96. The van der Waals surface area contributed by atoms with E-state index in [1.165, 1.54) is 18.2 Å². The van der Waals surface area contributed by atoms with E-state index >= 15 is 0 Å². The molecule has 0 amide bonds. The molecule has 80 valence electrons. The molecule has 1 aromatic rings. The van der Waals surface area contributed by atoms with E-state index in [4.69, 9.17) is 11.7 Å². The molecule has 1 atom stereocenters. The highest BCUT2D eigenvalue weighted by Crippen LogP contribution is 2.57. The Morgan fingerprint density at radius 1 is 1.44 bits per heavy atom. The van der Waals surface area contributed by atoms with Crippen molar-refractivity contribution in [3.63, 3.8) is 0 Å². The van der Waals surface area contributed by atoms with E-state index in [2.05, 4.69) is 5.92 Å². The first-order chi connectivity index (χ1) is 7.59. The summed E-state index contributed by atoms with van der Waals surface area (Å²) in [6.45, 7) is 0. The highest BCUT2D eigenvalue weighted by atomic mass is 19.1. The molecule has 1 aliphatic rings. The van der Waals surface area contributed by atoms with Gasteiger partial charge in [0.1, 0.15) is 11.2 Å². The van der Waals surface area contributed by atoms with Crippen LogP contribution in [0.2, 0.25) is 0 Å². The van der Waals surface area contributed by atoms with Gasteiger partial charge in [0.05, 0.1) is 6.07 Å². The molecule has 0 spiro atoms. The van der Waals surface area contributed by atoms with E-state index in [0.717, 1.165) is 0 Å². The molecule has 1 aromatic carbocycles. The van der Waals surface area contributed by atoms with Gasteiger partial charge in [0.25, 0.3) is 0 Å². The first-order valence-electron chi connectivity index (χ1n) is 4.96. The quantitative estimate of drug-likeness (QED) is 0.766. The van der Waals surface area contributed by atoms with Gasteiger partial charge < -0.3 is 5.11 Å². The van der Waals surface area contributed by atoms with Crippen molar-refractivity contribution < 1.29 is 9.50 Å². The van der Waals surface area contributed by atoms with Crippen LogP contribution in [0.15, 0.2) is 24.3 Å². The van der Waals surface area contributed by atoms with Gasteiger partial charge in [-0.1, -0.05) is 24.1 Å². The average Bonchev–Trinajstić information content (AvgIpc) is 3.10. The zero-order chi connectivity index (χ0) is 11.8. The van der Waals surface area contributed by atoms with Crippen molar-refractivity contribution in [1.29, 1.82) is 5.26 Å². The molecular weight excluding hydrogens is 205 g/mol. The van der Waals surface area contributed by atoms with Crippen LogP contribution in [0, 0.1) is 34.9 Å². The van der Waals surface area contributed by atoms with Crippen molar-refractivity contribution in [3.8, 4) is 18.4 Å². The molecule has 2 rings (SSSR count). The van der Waals surface area contributed by atoms with E-state index < -0.39 is 16.8 Å². The smallest absolute Gasteiger partial charge is 0.172 e. The van der Waals surface area contributed by atoms with E-state index in [0.29, 0.717) is 12.8 Å². The maximum atomic E-state index is 13.6. The number of nitriles is 1. The molecule has 0 aromatic heterocycles. The summed E-state index contributed by atoms with van der Waals surface area (Å²) >= 11 is 0. The highest BCUT2D eigenvalue weighted by Gasteiger charge is 2.60. The average molecular weight is 215 g/mol. The number of halogens is 1. The second-order valence-electron chi connectivity index (χ2n) is 4.03. The molecule has 3 heteroatoms. The summed E-state index contributed by atoms with van der Waals surface area (Å²) in [5.41, 5.74) is -2.84. The molecule has 1 N–H and O–H groups in total. The van der Waals surface area contributed by atoms with Crippen LogP contribution in [0.5, 0.6) is 0 Å². The lowest BCUT2D eigenvalue weighted by Gasteiger charge is -2.27. The number of hydrogen-bond donors (Lipinski definition) is 1. The maximum absolute atomic E-state index is 13.6. The van der Waals surface area contributed by atoms with Crippen LogP contribution >= 0.6 is 0 Å². The monoisotopic (exact) mass is 215 g/mol. The molecule has 1 saturated carbocycles. The largest absolute Gasteiger partial charge is 0.372 e. The van der Waals surface area contributed by atoms with Crippen LogP contribution in [-0.2, 0) is 5.60 Å². The van der Waals surface area contributed by atoms with Gasteiger partial charge in [0.15, 0.2) is 5.60 Å². The molecule has 1 fully saturated rings. The zero-order valence-corrected chi connectivity index (χ0v) is 8.57. The number of benzene rings is 1. The lowest BCUT2D eigenvalue weighted by atomic mass is 9.79. The van der Waals surface area contributed by atoms with Crippen LogP contribution in [-0.4, -0.2) is 5.11 Å². The fourth-order valence-electron chi connectivity index (χ4n) is 1.91. The van der Waals surface area contributed by atoms with Crippen LogP contribution < -0.4 is 0 Å². The Bertz CT molecular complexity index is 507. The lowest BCUT2D eigenvalue weighted by Crippen LogP contribution is -2.35. The number of rotatable bonds is 2. The molecule has 0 radical (unpaired) electrons. The van der Waals surface area contributed by atoms with Crippen molar-refractivity contribution in [2.75, 3.05) is 0 Å². The minimum atomic E-state index is -1.83. The van der Waals surface area contributed by atoms with Crippen molar-refractivity contribution in [2.24, 2.45) is 5.41 Å². The predicted octanol–water partition coefficient (Wildman–Crippen LogP) is 1.95. The molecule has 0 aliphatic heterocycles. The Hall–Kier alpha value is -1.84. The molecule has 0 saturated heterocycles. The molecule has 1 aliphatic carbocycles. The third-order valence-corrected chi connectivity index (χ3v) is 3.13. The Balaban J connectivity index is 2.58. The van der Waals surface area contributed by atoms with Crippen LogP contribution in [0.4, 0.5) is 4.39 Å². The number of nitrogens with zero attached hydrogens (tertiary/aromatic N) is 1. The van der Waals surface area contributed by atoms with Gasteiger partial charge >= 0.3 is 0 Å². The van der Waals surface area contributed by atoms with E-state index in [1.807, 2.05) is 6.07 Å². The van der Waals surface area contributed by atoms with E-state index in [1.54, 1.807) is 6.07 Å². The summed E-state index contributed by atoms with van der Waals surface area (Å²) in [5, 5.41) is 19.4. The summed E-state index contributed by atoms with van der Waals surface area (Å²) in [5.74, 6) is 1.60. The minimum absolute atomic E-state index is 0.0107. The molecule has 2 nitrogen and oxygen atoms in total. The zero-order valence-electron chi connectivity index (χ0n) is 8.57. The standard InChI is InChI=1S/C13H10FNO/c1-2-13(16,12(9-15)7-8-12)10-5-3-4-6-11(10)14/h1,3-6,16H,7-8H2/t13-/m1/s1. The molecule has 0 unspecified atom stereocenters. The van der Waals surface area contributed by atoms with Gasteiger partial charge in [-0.3, -0.25) is 0 Å². The topological polar surface area (TPSA) is 44.0 Å². The Morgan fingerprint density at radius 3 is 2.50 bits per heavy atom. The Labute approximate surface area is 93.3 Å². The van der Waals surface area contributed by atoms with Crippen molar-refractivity contribution in [3.05, 3.63) is 35.6 Å². The Morgan fingerprint density at radius 2 is 2.06 bits per heavy atom. The van der Waals surface area contributed by atoms with Gasteiger partial charge in [-0.25, -0.2) is 4.39 Å². The fraction of sp³-hybridized carbons (Fsp3) is 0.308. The van der Waals surface area contributed by atoms with Crippen LogP contribution in [0.25, 0.3) is 0 Å². The second-order valence-corrected chi connectivity index (χ2v) is 4.03. The van der Waals surface area contributed by atoms with Crippen LogP contribution in [0.1, 0.15) is 18.4 Å². The van der Waals surface area contributed by atoms with Crippen LogP contribution in [0.3, 0.4) is 0 Å². The minimum Gasteiger partial charge on any atom is -0.372 e. The summed E-state index contributed by atoms with van der Waals surface area (Å²) < 4.78 is 13.6. The predicted molar refractivity (Wildman–Crippen MR) is 56.4 cm³/mol. The van der Waals surface area contributed by atoms with Crippen molar-refractivity contribution in [2.45, 2.75) is 18.4 Å². The number of hydrogen-bond acceptors (Lipinski definition) is 2. The summed E-state index contributed by atoms with van der Waals surface area (Å²) in [4.78, 5) is 0. The van der Waals surface area contributed by atoms with Gasteiger partial charge in [-0.05, 0) is 18.9 Å². The third kappa shape index (κ3) is 1.23. The first kappa shape index (κ1) is 10.7. The number of aliphatic hydroxyl groups is 1. The summed E-state index contributed by atoms with van der Waals surface area (Å²) in [7, 11) is 0. The van der Waals surface area contributed by atoms with E-state index in [9.17, 15) is 9.50 Å². The second kappa shape index (κ2) is 3.33. The normalized spacial score (nSPS) is 20.2. The summed E-state index contributed by atoms with van der Waals surface area (Å²) in [6, 6.07) is 7.77. The SMILES string of the molecule is C#C[C@@](O)(c1ccccc1F)C1(C#N)CC1. The van der Waals surface area contributed by atoms with Crippen molar-refractivity contribution in [1.82, 2.24) is 0 Å². The number of terminal acetylenes is 1. The molecule has 16 heavy (non-hydrogen) atoms. The van der Waals surface area contributed by atoms with Gasteiger partial charge in [-0.2, -0.15) is 5.26 Å². The summed E-state index contributed by atoms with van der Waals surface area (Å²) in [6.07, 6.45) is 6.29. The van der Waals surface area contributed by atoms with Gasteiger partial charge in [-0.15, -0.1) is 6.42 Å².